The monoisotopic (exact) mass is 1310 g/mol. The number of aromatic hydroxyl groups is 1. The number of amides is 7. The normalized spacial score (nSPS) is 25.4. The van der Waals surface area contributed by atoms with Crippen LogP contribution in [0.3, 0.4) is 0 Å². The van der Waals surface area contributed by atoms with Crippen molar-refractivity contribution in [2.24, 2.45) is 17.4 Å². The molecule has 512 valence electrons. The van der Waals surface area contributed by atoms with Crippen LogP contribution in [0.1, 0.15) is 68.3 Å². The fraction of sp³-hybridized carbons (Fsp3) is 0.530. The Hall–Kier alpha value is -8.19. The molecular formula is C66H91N11O17. The van der Waals surface area contributed by atoms with E-state index in [1.807, 2.05) is 24.3 Å². The number of fused-ring (bicyclic) bond motifs is 2. The van der Waals surface area contributed by atoms with Crippen LogP contribution < -0.4 is 57.3 Å². The Morgan fingerprint density at radius 2 is 1.26 bits per heavy atom. The molecule has 0 radical (unpaired) electrons. The molecule has 7 amide bonds. The number of carbonyl (C=O) groups is 7. The minimum Gasteiger partial charge on any atom is -0.504 e. The molecule has 4 fully saturated rings. The van der Waals surface area contributed by atoms with Crippen LogP contribution in [0.4, 0.5) is 11.4 Å². The molecular weight excluding hydrogens is 1220 g/mol. The van der Waals surface area contributed by atoms with Crippen molar-refractivity contribution in [3.8, 4) is 28.4 Å². The van der Waals surface area contributed by atoms with Crippen molar-refractivity contribution in [1.82, 2.24) is 36.4 Å². The number of anilines is 2. The maximum Gasteiger partial charge on any atom is 0.251 e. The Kier molecular flexibility index (Phi) is 25.7. The molecule has 28 heteroatoms. The summed E-state index contributed by atoms with van der Waals surface area (Å²) in [7, 11) is 1.70. The van der Waals surface area contributed by atoms with Gasteiger partial charge in [0.2, 0.25) is 35.4 Å². The highest BCUT2D eigenvalue weighted by Gasteiger charge is 2.50. The molecule has 4 heterocycles. The third-order valence-electron chi connectivity index (χ3n) is 17.5. The average Bonchev–Trinajstić information content (AvgIpc) is 1.62. The van der Waals surface area contributed by atoms with Crippen LogP contribution in [0.5, 0.6) is 17.2 Å². The van der Waals surface area contributed by atoms with Gasteiger partial charge < -0.3 is 108 Å². The standard InChI is InChI=1S/C66H91N11O17/c1-38-36-77-58(59(38)84)64(89)69-35-46(79)33-49(70-60(85)43-10-16-45(17-11-43)75-26-24-74(25-27-75)44-14-8-41(9-15-44)42-12-18-48(19-13-42)93-29-6-4-5-28-92-3)61(86)71-55(39(2)78)65(90)76-37-47(80)34-50(76)62(87)72-56(63(88)73-57(66(77)91)52(82)21-22-67)53(83)31-40-7-20-51(81)54(32-40)94-30-23-68/h7-20,32,38-39,46-47,49-50,52-53,55-59,78-84H,4-6,21-31,33-37,67-68H2,1-3H3,(H,69,89)(H,70,85)(H,71,86)(H,72,87)(H,73,88)/t38-,39+,46+,47+,49-,50-,52+,53+,55-,56-,57-,58-,59-/m0/s1. The summed E-state index contributed by atoms with van der Waals surface area (Å²) in [4.78, 5) is 108. The summed E-state index contributed by atoms with van der Waals surface area (Å²) in [6.07, 6.45) is -8.76. The van der Waals surface area contributed by atoms with E-state index in [-0.39, 0.29) is 55.3 Å². The second-order valence-electron chi connectivity index (χ2n) is 24.5. The van der Waals surface area contributed by atoms with E-state index < -0.39 is 152 Å². The van der Waals surface area contributed by atoms with Gasteiger partial charge in [0.25, 0.3) is 5.91 Å². The summed E-state index contributed by atoms with van der Waals surface area (Å²) in [5.41, 5.74) is 15.8. The van der Waals surface area contributed by atoms with Crippen molar-refractivity contribution in [3.05, 3.63) is 102 Å². The van der Waals surface area contributed by atoms with Crippen molar-refractivity contribution >= 4 is 52.7 Å². The maximum atomic E-state index is 14.7. The van der Waals surface area contributed by atoms with Crippen molar-refractivity contribution in [2.75, 3.05) is 95.6 Å². The molecule has 4 aromatic carbocycles. The summed E-state index contributed by atoms with van der Waals surface area (Å²) < 4.78 is 16.6. The van der Waals surface area contributed by atoms with Crippen molar-refractivity contribution < 1.29 is 83.5 Å². The number of hydrogen-bond acceptors (Lipinski definition) is 21. The zero-order valence-electron chi connectivity index (χ0n) is 53.3. The molecule has 0 bridgehead atoms. The number of ether oxygens (including phenoxy) is 3. The molecule has 0 aliphatic carbocycles. The zero-order valence-corrected chi connectivity index (χ0v) is 53.3. The molecule has 16 N–H and O–H groups in total. The number of nitrogens with one attached hydrogen (secondary N) is 5. The number of unbranched alkanes of at least 4 members (excludes halogenated alkanes) is 2. The van der Waals surface area contributed by atoms with E-state index in [4.69, 9.17) is 25.7 Å². The van der Waals surface area contributed by atoms with Crippen LogP contribution in [0.2, 0.25) is 0 Å². The number of methoxy groups -OCH3 is 1. The van der Waals surface area contributed by atoms with E-state index in [0.717, 1.165) is 63.9 Å². The highest BCUT2D eigenvalue weighted by Crippen LogP contribution is 2.31. The lowest BCUT2D eigenvalue weighted by Crippen LogP contribution is -2.64. The molecule has 4 saturated heterocycles. The van der Waals surface area contributed by atoms with Crippen LogP contribution in [-0.4, -0.2) is 246 Å². The molecule has 0 aromatic heterocycles. The van der Waals surface area contributed by atoms with Crippen molar-refractivity contribution in [2.45, 2.75) is 132 Å². The highest BCUT2D eigenvalue weighted by atomic mass is 16.5. The molecule has 4 aliphatic rings. The smallest absolute Gasteiger partial charge is 0.251 e. The van der Waals surface area contributed by atoms with E-state index in [2.05, 4.69) is 60.6 Å². The van der Waals surface area contributed by atoms with Gasteiger partial charge in [-0.2, -0.15) is 0 Å². The third-order valence-corrected chi connectivity index (χ3v) is 17.5. The Labute approximate surface area is 545 Å². The topological polar surface area (TPSA) is 414 Å². The van der Waals surface area contributed by atoms with Gasteiger partial charge in [-0.15, -0.1) is 0 Å². The molecule has 94 heavy (non-hydrogen) atoms. The minimum absolute atomic E-state index is 0.00273. The van der Waals surface area contributed by atoms with Crippen LogP contribution in [0.25, 0.3) is 11.1 Å². The van der Waals surface area contributed by atoms with Crippen LogP contribution in [0.15, 0.2) is 91.0 Å². The van der Waals surface area contributed by atoms with E-state index in [0.29, 0.717) is 32.8 Å². The molecule has 4 aromatic rings. The molecule has 0 spiro atoms. The lowest BCUT2D eigenvalue weighted by Gasteiger charge is -2.37. The number of aliphatic hydroxyl groups is 6. The van der Waals surface area contributed by atoms with E-state index in [9.17, 15) is 69.3 Å². The predicted molar refractivity (Wildman–Crippen MR) is 345 cm³/mol. The first-order valence-electron chi connectivity index (χ1n) is 32.1. The fourth-order valence-electron chi connectivity index (χ4n) is 12.2. The average molecular weight is 1310 g/mol. The van der Waals surface area contributed by atoms with Gasteiger partial charge in [0.1, 0.15) is 48.6 Å². The Morgan fingerprint density at radius 3 is 1.88 bits per heavy atom. The van der Waals surface area contributed by atoms with Crippen LogP contribution in [0, 0.1) is 5.92 Å². The fourth-order valence-corrected chi connectivity index (χ4v) is 12.2. The molecule has 13 atom stereocenters. The molecule has 4 aliphatic heterocycles. The summed E-state index contributed by atoms with van der Waals surface area (Å²) in [5, 5.41) is 91.6. The number of phenolic OH excluding ortho intramolecular Hbond substituents is 1. The van der Waals surface area contributed by atoms with Crippen LogP contribution in [-0.2, 0) is 39.9 Å². The van der Waals surface area contributed by atoms with Gasteiger partial charge in [0, 0.05) is 108 Å². The van der Waals surface area contributed by atoms with Gasteiger partial charge in [-0.1, -0.05) is 37.3 Å². The summed E-state index contributed by atoms with van der Waals surface area (Å²) in [6.45, 7) is 5.25. The summed E-state index contributed by atoms with van der Waals surface area (Å²) >= 11 is 0. The number of benzene rings is 4. The number of phenols is 1. The zero-order chi connectivity index (χ0) is 67.8. The van der Waals surface area contributed by atoms with Crippen molar-refractivity contribution in [1.29, 1.82) is 0 Å². The van der Waals surface area contributed by atoms with E-state index in [1.165, 1.54) is 25.1 Å². The van der Waals surface area contributed by atoms with Gasteiger partial charge in [0.05, 0.1) is 43.2 Å². The van der Waals surface area contributed by atoms with Crippen molar-refractivity contribution in [3.63, 3.8) is 0 Å². The Morgan fingerprint density at radius 1 is 0.649 bits per heavy atom. The van der Waals surface area contributed by atoms with Gasteiger partial charge in [-0.05, 0) is 117 Å². The quantitative estimate of drug-likeness (QED) is 0.0387. The number of piperazine rings is 1. The number of carbonyl (C=O) groups excluding carboxylic acids is 7. The lowest BCUT2D eigenvalue weighted by atomic mass is 9.98. The second-order valence-corrected chi connectivity index (χ2v) is 24.5. The first kappa shape index (κ1) is 71.7. The third kappa shape index (κ3) is 18.4. The number of aliphatic hydroxyl groups excluding tert-OH is 6. The SMILES string of the molecule is COCCCCCOc1ccc(-c2ccc(N3CCN(c4ccc(C(=O)N[C@H]5C[C@@H](O)CNC(=O)[C@@H]6[C@@H](O)[C@@H](C)CN6C(=O)[C@H]([C@H](O)CCN)NC(=O)[C@H]([C@H](O)Cc6ccc(O)c(OCCN)c6)NC(=O)[C@@H]6C[C@@H](O)CN6C(=O)[C@H]([C@@H](C)O)NC5=O)cc4)CC3)cc2)cc1. The number of hydrogen-bond donors (Lipinski definition) is 14. The Bertz CT molecular complexity index is 3190. The molecule has 0 unspecified atom stereocenters. The van der Waals surface area contributed by atoms with Gasteiger partial charge >= 0.3 is 0 Å². The number of nitrogens with zero attached hydrogens (tertiary/aromatic N) is 4. The molecule has 8 rings (SSSR count). The van der Waals surface area contributed by atoms with Crippen LogP contribution >= 0.6 is 0 Å². The number of nitrogens with two attached hydrogens (primary N) is 2. The van der Waals surface area contributed by atoms with E-state index >= 15 is 0 Å². The van der Waals surface area contributed by atoms with Gasteiger partial charge in [-0.3, -0.25) is 33.6 Å². The Balaban J connectivity index is 0.997. The minimum atomic E-state index is -2.04. The maximum absolute atomic E-state index is 14.7. The lowest BCUT2D eigenvalue weighted by molar-refractivity contribution is -0.147. The molecule has 28 nitrogen and oxygen atoms in total. The predicted octanol–water partition coefficient (Wildman–Crippen LogP) is -1.78. The largest absolute Gasteiger partial charge is 0.504 e. The highest BCUT2D eigenvalue weighted by molar-refractivity contribution is 6.00. The number of β-amino-alcohol motifs (C(OH)–C–C–N with tert-alkyl or cyclic N) is 1. The summed E-state index contributed by atoms with van der Waals surface area (Å²) in [5.74, 6) is -7.70. The summed E-state index contributed by atoms with van der Waals surface area (Å²) in [6, 6.07) is 16.2. The first-order chi connectivity index (χ1) is 45.1. The molecule has 0 saturated carbocycles. The number of rotatable bonds is 22. The first-order valence-corrected chi connectivity index (χ1v) is 32.1. The van der Waals surface area contributed by atoms with Gasteiger partial charge in [-0.25, -0.2) is 0 Å². The van der Waals surface area contributed by atoms with Gasteiger partial charge in [0.15, 0.2) is 11.5 Å². The van der Waals surface area contributed by atoms with E-state index in [1.54, 1.807) is 38.3 Å². The second kappa shape index (κ2) is 33.8.